The maximum absolute atomic E-state index is 13.6. The van der Waals surface area contributed by atoms with Gasteiger partial charge in [-0.2, -0.15) is 0 Å². The van der Waals surface area contributed by atoms with Gasteiger partial charge in [0.15, 0.2) is 0 Å². The number of imide groups is 1. The van der Waals surface area contributed by atoms with Crippen LogP contribution in [-0.4, -0.2) is 32.0 Å². The quantitative estimate of drug-likeness (QED) is 0.477. The Hall–Kier alpha value is -3.93. The van der Waals surface area contributed by atoms with Crippen LogP contribution in [0.4, 0.5) is 21.5 Å². The summed E-state index contributed by atoms with van der Waals surface area (Å²) in [5.41, 5.74) is 3.29. The van der Waals surface area contributed by atoms with E-state index in [0.29, 0.717) is 11.3 Å². The molecule has 1 aliphatic heterocycles. The van der Waals surface area contributed by atoms with E-state index in [-0.39, 0.29) is 11.3 Å². The second-order valence-corrected chi connectivity index (χ2v) is 7.76. The summed E-state index contributed by atoms with van der Waals surface area (Å²) < 4.78 is 13.6. The second-order valence-electron chi connectivity index (χ2n) is 7.76. The number of hydrogen-bond acceptors (Lipinski definition) is 4. The van der Waals surface area contributed by atoms with Crippen molar-refractivity contribution >= 4 is 34.4 Å². The number of nitrogens with zero attached hydrogens (tertiary/aromatic N) is 3. The maximum Gasteiger partial charge on any atom is 0.282 e. The molecule has 0 saturated heterocycles. The van der Waals surface area contributed by atoms with Crippen molar-refractivity contribution in [2.24, 2.45) is 0 Å². The summed E-state index contributed by atoms with van der Waals surface area (Å²) >= 11 is 0. The molecular formula is C27H26FN3O2. The van der Waals surface area contributed by atoms with Crippen molar-refractivity contribution in [2.45, 2.75) is 13.8 Å². The molecule has 3 aromatic carbocycles. The van der Waals surface area contributed by atoms with Crippen molar-refractivity contribution in [3.8, 4) is 0 Å². The lowest BCUT2D eigenvalue weighted by Gasteiger charge is -2.23. The molecule has 0 spiro atoms. The number of benzene rings is 3. The van der Waals surface area contributed by atoms with Crippen LogP contribution < -0.4 is 14.7 Å². The van der Waals surface area contributed by atoms with Gasteiger partial charge in [-0.15, -0.1) is 0 Å². The van der Waals surface area contributed by atoms with Gasteiger partial charge in [0, 0.05) is 31.5 Å². The first kappa shape index (κ1) is 22.3. The van der Waals surface area contributed by atoms with Crippen molar-refractivity contribution in [1.82, 2.24) is 0 Å². The average molecular weight is 444 g/mol. The van der Waals surface area contributed by atoms with Crippen LogP contribution in [0.2, 0.25) is 0 Å². The van der Waals surface area contributed by atoms with Gasteiger partial charge >= 0.3 is 0 Å². The Bertz CT molecular complexity index is 1180. The Morgan fingerprint density at radius 1 is 0.758 bits per heavy atom. The fourth-order valence-electron chi connectivity index (χ4n) is 4.12. The van der Waals surface area contributed by atoms with Crippen molar-refractivity contribution < 1.29 is 14.0 Å². The lowest BCUT2D eigenvalue weighted by Crippen LogP contribution is -2.34. The number of amides is 2. The van der Waals surface area contributed by atoms with Crippen LogP contribution in [0, 0.1) is 5.82 Å². The molecule has 3 aromatic rings. The van der Waals surface area contributed by atoms with E-state index in [0.717, 1.165) is 24.5 Å². The molecule has 2 amide bonds. The van der Waals surface area contributed by atoms with E-state index in [1.807, 2.05) is 42.5 Å². The third-order valence-electron chi connectivity index (χ3n) is 5.91. The van der Waals surface area contributed by atoms with Gasteiger partial charge in [-0.25, -0.2) is 9.29 Å². The molecule has 0 radical (unpaired) electrons. The highest BCUT2D eigenvalue weighted by molar-refractivity contribution is 6.46. The zero-order valence-corrected chi connectivity index (χ0v) is 19.0. The van der Waals surface area contributed by atoms with Crippen LogP contribution in [0.25, 0.3) is 5.57 Å². The fourth-order valence-corrected chi connectivity index (χ4v) is 4.12. The molecule has 0 atom stereocenters. The average Bonchev–Trinajstić information content (AvgIpc) is 3.11. The lowest BCUT2D eigenvalue weighted by atomic mass is 10.0. The fraction of sp³-hybridized carbons (Fsp3) is 0.185. The highest BCUT2D eigenvalue weighted by Gasteiger charge is 2.42. The molecule has 5 nitrogen and oxygen atoms in total. The molecular weight excluding hydrogens is 417 g/mol. The molecule has 0 unspecified atom stereocenters. The molecule has 0 aliphatic carbocycles. The smallest absolute Gasteiger partial charge is 0.282 e. The number of hydrogen-bond donors (Lipinski definition) is 0. The predicted octanol–water partition coefficient (Wildman–Crippen LogP) is 5.09. The number of rotatable bonds is 7. The molecule has 0 saturated carbocycles. The normalized spacial score (nSPS) is 13.6. The van der Waals surface area contributed by atoms with E-state index in [1.165, 1.54) is 29.2 Å². The van der Waals surface area contributed by atoms with Gasteiger partial charge in [0.2, 0.25) is 0 Å². The predicted molar refractivity (Wildman–Crippen MR) is 131 cm³/mol. The SMILES string of the molecule is CCN(CC)c1ccc(N2C(=O)C(c3ccc(F)cc3)=C(N(C)c3ccccc3)C2=O)cc1. The number of para-hydroxylation sites is 1. The topological polar surface area (TPSA) is 43.9 Å². The van der Waals surface area contributed by atoms with Gasteiger partial charge in [0.05, 0.1) is 11.3 Å². The molecule has 33 heavy (non-hydrogen) atoms. The Morgan fingerprint density at radius 2 is 1.36 bits per heavy atom. The van der Waals surface area contributed by atoms with E-state index in [9.17, 15) is 14.0 Å². The minimum Gasteiger partial charge on any atom is -0.372 e. The van der Waals surface area contributed by atoms with Gasteiger partial charge in [-0.1, -0.05) is 30.3 Å². The van der Waals surface area contributed by atoms with Gasteiger partial charge in [-0.05, 0) is 67.9 Å². The molecule has 0 fully saturated rings. The van der Waals surface area contributed by atoms with Crippen LogP contribution in [0.3, 0.4) is 0 Å². The van der Waals surface area contributed by atoms with Crippen molar-refractivity contribution in [1.29, 1.82) is 0 Å². The largest absolute Gasteiger partial charge is 0.372 e. The van der Waals surface area contributed by atoms with Crippen molar-refractivity contribution in [2.75, 3.05) is 34.8 Å². The van der Waals surface area contributed by atoms with Crippen molar-refractivity contribution in [3.05, 3.63) is 95.9 Å². The second kappa shape index (κ2) is 9.28. The first-order chi connectivity index (χ1) is 16.0. The summed E-state index contributed by atoms with van der Waals surface area (Å²) in [5, 5.41) is 0. The summed E-state index contributed by atoms with van der Waals surface area (Å²) in [6, 6.07) is 22.4. The number of halogens is 1. The number of carbonyl (C=O) groups excluding carboxylic acids is 2. The Balaban J connectivity index is 1.78. The third kappa shape index (κ3) is 4.12. The van der Waals surface area contributed by atoms with Crippen LogP contribution in [-0.2, 0) is 9.59 Å². The van der Waals surface area contributed by atoms with E-state index in [2.05, 4.69) is 18.7 Å². The molecule has 4 rings (SSSR count). The van der Waals surface area contributed by atoms with Gasteiger partial charge in [0.25, 0.3) is 11.8 Å². The standard InChI is InChI=1S/C27H26FN3O2/c1-4-30(5-2)22-15-17-23(18-16-22)31-26(32)24(19-11-13-20(28)14-12-19)25(27(31)33)29(3)21-9-7-6-8-10-21/h6-18H,4-5H2,1-3H3. The monoisotopic (exact) mass is 443 g/mol. The Morgan fingerprint density at radius 3 is 1.94 bits per heavy atom. The summed E-state index contributed by atoms with van der Waals surface area (Å²) in [6.07, 6.45) is 0. The number of likely N-dealkylation sites (N-methyl/N-ethyl adjacent to an activating group) is 1. The molecule has 168 valence electrons. The minimum atomic E-state index is -0.431. The molecule has 1 heterocycles. The minimum absolute atomic E-state index is 0.249. The van der Waals surface area contributed by atoms with E-state index in [1.54, 1.807) is 24.1 Å². The summed E-state index contributed by atoms with van der Waals surface area (Å²) in [5.74, 6) is -1.25. The van der Waals surface area contributed by atoms with Crippen LogP contribution in [0.1, 0.15) is 19.4 Å². The maximum atomic E-state index is 13.6. The molecule has 0 N–H and O–H groups in total. The molecule has 1 aliphatic rings. The molecule has 0 aromatic heterocycles. The summed E-state index contributed by atoms with van der Waals surface area (Å²) in [7, 11) is 1.76. The first-order valence-electron chi connectivity index (χ1n) is 11.0. The molecule has 6 heteroatoms. The molecule has 0 bridgehead atoms. The zero-order chi connectivity index (χ0) is 23.5. The number of anilines is 3. The van der Waals surface area contributed by atoms with Crippen molar-refractivity contribution in [3.63, 3.8) is 0 Å². The van der Waals surface area contributed by atoms with Gasteiger partial charge < -0.3 is 9.80 Å². The Labute approximate surface area is 193 Å². The summed E-state index contributed by atoms with van der Waals surface area (Å²) in [6.45, 7) is 5.88. The van der Waals surface area contributed by atoms with Gasteiger partial charge in [-0.3, -0.25) is 9.59 Å². The third-order valence-corrected chi connectivity index (χ3v) is 5.91. The lowest BCUT2D eigenvalue weighted by molar-refractivity contribution is -0.120. The van der Waals surface area contributed by atoms with E-state index < -0.39 is 17.6 Å². The van der Waals surface area contributed by atoms with E-state index >= 15 is 0 Å². The Kier molecular flexibility index (Phi) is 6.27. The highest BCUT2D eigenvalue weighted by Crippen LogP contribution is 2.36. The van der Waals surface area contributed by atoms with E-state index in [4.69, 9.17) is 0 Å². The highest BCUT2D eigenvalue weighted by atomic mass is 19.1. The number of carbonyl (C=O) groups is 2. The first-order valence-corrected chi connectivity index (χ1v) is 11.0. The zero-order valence-electron chi connectivity index (χ0n) is 19.0. The van der Waals surface area contributed by atoms with Gasteiger partial charge in [0.1, 0.15) is 11.5 Å². The summed E-state index contributed by atoms with van der Waals surface area (Å²) in [4.78, 5) is 32.3. The van der Waals surface area contributed by atoms with Crippen LogP contribution in [0.5, 0.6) is 0 Å². The van der Waals surface area contributed by atoms with Crippen LogP contribution in [0.15, 0.2) is 84.6 Å². The van der Waals surface area contributed by atoms with Crippen LogP contribution >= 0.6 is 0 Å².